The second kappa shape index (κ2) is 8.09. The van der Waals surface area contributed by atoms with Crippen LogP contribution in [0, 0.1) is 11.3 Å². The molecule has 0 aliphatic carbocycles. The maximum absolute atomic E-state index is 12.6. The minimum Gasteiger partial charge on any atom is -0.479 e. The van der Waals surface area contributed by atoms with E-state index in [9.17, 15) is 9.59 Å². The molecule has 2 aromatic carbocycles. The normalized spacial score (nSPS) is 15.4. The van der Waals surface area contributed by atoms with Crippen LogP contribution < -0.4 is 4.74 Å². The highest BCUT2D eigenvalue weighted by atomic mass is 35.5. The number of hydrogen-bond acceptors (Lipinski definition) is 5. The smallest absolute Gasteiger partial charge is 0.293 e. The molecule has 0 spiro atoms. The molecule has 0 saturated carbocycles. The van der Waals surface area contributed by atoms with Gasteiger partial charge in [0.25, 0.3) is 11.1 Å². The van der Waals surface area contributed by atoms with Gasteiger partial charge < -0.3 is 4.74 Å². The highest BCUT2D eigenvalue weighted by molar-refractivity contribution is 8.18. The lowest BCUT2D eigenvalue weighted by atomic mass is 10.2. The molecule has 7 heteroatoms. The van der Waals surface area contributed by atoms with Crippen LogP contribution >= 0.6 is 23.4 Å². The molecule has 0 radical (unpaired) electrons. The summed E-state index contributed by atoms with van der Waals surface area (Å²) in [4.78, 5) is 26.3. The molecule has 0 bridgehead atoms. The van der Waals surface area contributed by atoms with E-state index in [0.29, 0.717) is 21.2 Å². The number of thioether (sulfide) groups is 1. The molecule has 2 aromatic rings. The topological polar surface area (TPSA) is 70.4 Å². The number of halogens is 1. The van der Waals surface area contributed by atoms with E-state index in [0.717, 1.165) is 17.3 Å². The molecule has 26 heavy (non-hydrogen) atoms. The van der Waals surface area contributed by atoms with Crippen LogP contribution in [0.2, 0.25) is 5.02 Å². The summed E-state index contributed by atoms with van der Waals surface area (Å²) < 4.78 is 5.25. The largest absolute Gasteiger partial charge is 0.479 e. The number of imide groups is 1. The van der Waals surface area contributed by atoms with Gasteiger partial charge in [-0.1, -0.05) is 35.9 Å². The van der Waals surface area contributed by atoms with Gasteiger partial charge in [0.05, 0.1) is 11.4 Å². The van der Waals surface area contributed by atoms with Gasteiger partial charge >= 0.3 is 0 Å². The molecule has 0 unspecified atom stereocenters. The van der Waals surface area contributed by atoms with Gasteiger partial charge in [-0.05, 0) is 53.2 Å². The van der Waals surface area contributed by atoms with Crippen molar-refractivity contribution < 1.29 is 14.3 Å². The van der Waals surface area contributed by atoms with Crippen LogP contribution in [0.3, 0.4) is 0 Å². The van der Waals surface area contributed by atoms with Crippen LogP contribution in [0.15, 0.2) is 53.4 Å². The molecule has 1 heterocycles. The van der Waals surface area contributed by atoms with Gasteiger partial charge in [0.15, 0.2) is 6.61 Å². The maximum Gasteiger partial charge on any atom is 0.293 e. The first kappa shape index (κ1) is 18.1. The molecule has 130 valence electrons. The number of rotatable bonds is 5. The lowest BCUT2D eigenvalue weighted by molar-refractivity contribution is -0.123. The van der Waals surface area contributed by atoms with E-state index in [2.05, 4.69) is 0 Å². The zero-order chi connectivity index (χ0) is 18.5. The van der Waals surface area contributed by atoms with Crippen molar-refractivity contribution in [1.29, 1.82) is 5.26 Å². The molecule has 5 nitrogen and oxygen atoms in total. The average Bonchev–Trinajstić information content (AvgIpc) is 2.88. The molecule has 1 saturated heterocycles. The maximum atomic E-state index is 12.6. The Hall–Kier alpha value is -2.75. The molecule has 1 aliphatic heterocycles. The van der Waals surface area contributed by atoms with E-state index < -0.39 is 0 Å². The van der Waals surface area contributed by atoms with Crippen LogP contribution in [0.5, 0.6) is 5.75 Å². The molecule has 0 aromatic heterocycles. The molecular weight excluding hydrogens is 372 g/mol. The van der Waals surface area contributed by atoms with E-state index in [1.807, 2.05) is 12.1 Å². The van der Waals surface area contributed by atoms with Crippen molar-refractivity contribution in [2.75, 3.05) is 6.61 Å². The zero-order valence-electron chi connectivity index (χ0n) is 13.5. The summed E-state index contributed by atoms with van der Waals surface area (Å²) in [5, 5.41) is 8.81. The van der Waals surface area contributed by atoms with Gasteiger partial charge in [-0.3, -0.25) is 14.5 Å². The quantitative estimate of drug-likeness (QED) is 0.711. The van der Waals surface area contributed by atoms with E-state index in [4.69, 9.17) is 21.6 Å². The SMILES string of the molecule is N#CCOc1cccc(/C=C2\SC(=O)N(Cc3cccc(Cl)c3)C2=O)c1. The van der Waals surface area contributed by atoms with Gasteiger partial charge in [0, 0.05) is 5.02 Å². The number of ether oxygens (including phenoxy) is 1. The predicted molar refractivity (Wildman–Crippen MR) is 101 cm³/mol. The molecule has 0 N–H and O–H groups in total. The number of nitriles is 1. The number of carbonyl (C=O) groups excluding carboxylic acids is 2. The van der Waals surface area contributed by atoms with Crippen molar-refractivity contribution in [3.8, 4) is 11.8 Å². The Labute approximate surface area is 159 Å². The number of benzene rings is 2. The van der Waals surface area contributed by atoms with Crippen molar-refractivity contribution >= 4 is 40.6 Å². The van der Waals surface area contributed by atoms with Gasteiger partial charge in [-0.2, -0.15) is 5.26 Å². The summed E-state index contributed by atoms with van der Waals surface area (Å²) in [6.45, 7) is 0.119. The minimum absolute atomic E-state index is 0.0559. The molecule has 1 aliphatic rings. The van der Waals surface area contributed by atoms with Crippen LogP contribution in [-0.2, 0) is 11.3 Å². The monoisotopic (exact) mass is 384 g/mol. The zero-order valence-corrected chi connectivity index (χ0v) is 15.1. The van der Waals surface area contributed by atoms with Gasteiger partial charge in [-0.25, -0.2) is 0 Å². The third-order valence-corrected chi connectivity index (χ3v) is 4.71. The lowest BCUT2D eigenvalue weighted by Gasteiger charge is -2.12. The first-order valence-electron chi connectivity index (χ1n) is 7.66. The van der Waals surface area contributed by atoms with Crippen molar-refractivity contribution in [3.05, 3.63) is 69.6 Å². The second-order valence-electron chi connectivity index (χ2n) is 5.42. The first-order chi connectivity index (χ1) is 12.6. The molecule has 1 fully saturated rings. The van der Waals surface area contributed by atoms with Crippen LogP contribution in [-0.4, -0.2) is 22.7 Å². The van der Waals surface area contributed by atoms with Crippen LogP contribution in [0.4, 0.5) is 4.79 Å². The second-order valence-corrected chi connectivity index (χ2v) is 6.85. The van der Waals surface area contributed by atoms with Crippen molar-refractivity contribution in [2.45, 2.75) is 6.54 Å². The Morgan fingerprint density at radius 2 is 2.00 bits per heavy atom. The highest BCUT2D eigenvalue weighted by Crippen LogP contribution is 2.33. The molecule has 3 rings (SSSR count). The highest BCUT2D eigenvalue weighted by Gasteiger charge is 2.34. The van der Waals surface area contributed by atoms with Crippen molar-refractivity contribution in [1.82, 2.24) is 4.90 Å². The number of amides is 2. The summed E-state index contributed by atoms with van der Waals surface area (Å²) >= 11 is 6.85. The molecular formula is C19H13ClN2O3S. The fourth-order valence-electron chi connectivity index (χ4n) is 2.42. The van der Waals surface area contributed by atoms with Crippen LogP contribution in [0.25, 0.3) is 6.08 Å². The standard InChI is InChI=1S/C19H13ClN2O3S/c20-15-5-1-4-14(9-15)12-22-18(23)17(26-19(22)24)11-13-3-2-6-16(10-13)25-8-7-21/h1-6,9-11H,8,12H2/b17-11-. The Balaban J connectivity index is 1.78. The third kappa shape index (κ3) is 4.26. The lowest BCUT2D eigenvalue weighted by Crippen LogP contribution is -2.27. The van der Waals surface area contributed by atoms with E-state index in [-0.39, 0.29) is 24.3 Å². The van der Waals surface area contributed by atoms with E-state index in [1.54, 1.807) is 48.5 Å². The summed E-state index contributed by atoms with van der Waals surface area (Å²) in [5.41, 5.74) is 1.50. The summed E-state index contributed by atoms with van der Waals surface area (Å²) in [6.07, 6.45) is 1.64. The van der Waals surface area contributed by atoms with E-state index in [1.165, 1.54) is 4.90 Å². The minimum atomic E-state index is -0.344. The predicted octanol–water partition coefficient (Wildman–Crippen LogP) is 4.48. The Bertz CT molecular complexity index is 936. The number of carbonyl (C=O) groups is 2. The average molecular weight is 385 g/mol. The summed E-state index contributed by atoms with van der Waals surface area (Å²) in [5.74, 6) is 0.182. The Morgan fingerprint density at radius 3 is 2.77 bits per heavy atom. The summed E-state index contributed by atoms with van der Waals surface area (Å²) in [7, 11) is 0. The molecule has 0 atom stereocenters. The van der Waals surface area contributed by atoms with Crippen molar-refractivity contribution in [2.24, 2.45) is 0 Å². The third-order valence-electron chi connectivity index (χ3n) is 3.56. The number of nitrogens with zero attached hydrogens (tertiary/aromatic N) is 2. The Kier molecular flexibility index (Phi) is 5.61. The van der Waals surface area contributed by atoms with Gasteiger partial charge in [-0.15, -0.1) is 0 Å². The first-order valence-corrected chi connectivity index (χ1v) is 8.86. The van der Waals surface area contributed by atoms with Crippen molar-refractivity contribution in [3.63, 3.8) is 0 Å². The molecule has 2 amide bonds. The fourth-order valence-corrected chi connectivity index (χ4v) is 3.47. The fraction of sp³-hybridized carbons (Fsp3) is 0.105. The summed E-state index contributed by atoms with van der Waals surface area (Å²) in [6, 6.07) is 15.9. The number of hydrogen-bond donors (Lipinski definition) is 0. The van der Waals surface area contributed by atoms with E-state index >= 15 is 0 Å². The van der Waals surface area contributed by atoms with Crippen LogP contribution in [0.1, 0.15) is 11.1 Å². The van der Waals surface area contributed by atoms with Gasteiger partial charge in [0.2, 0.25) is 0 Å². The van der Waals surface area contributed by atoms with Gasteiger partial charge in [0.1, 0.15) is 11.8 Å². The Morgan fingerprint density at radius 1 is 1.19 bits per heavy atom.